The minimum absolute atomic E-state index is 0.294. The maximum atomic E-state index is 11.9. The van der Waals surface area contributed by atoms with Crippen LogP contribution in [0.4, 0.5) is 0 Å². The molecule has 0 fully saturated rings. The molecule has 0 aliphatic heterocycles. The van der Waals surface area contributed by atoms with Gasteiger partial charge in [-0.1, -0.05) is 19.0 Å². The molecule has 5 heteroatoms. The van der Waals surface area contributed by atoms with E-state index in [-0.39, 0.29) is 5.63 Å². The van der Waals surface area contributed by atoms with Gasteiger partial charge in [-0.25, -0.2) is 4.79 Å². The Labute approximate surface area is 151 Å². The van der Waals surface area contributed by atoms with Crippen LogP contribution in [0.15, 0.2) is 31.9 Å². The number of fused-ring (bicyclic) bond motifs is 1. The van der Waals surface area contributed by atoms with E-state index >= 15 is 0 Å². The van der Waals surface area contributed by atoms with Crippen molar-refractivity contribution >= 4 is 22.7 Å². The Morgan fingerprint density at radius 1 is 1.12 bits per heavy atom. The van der Waals surface area contributed by atoms with Crippen LogP contribution in [0.2, 0.25) is 0 Å². The van der Waals surface area contributed by atoms with Crippen LogP contribution in [0.1, 0.15) is 53.5 Å². The fourth-order valence-electron chi connectivity index (χ4n) is 3.10. The maximum Gasteiger partial charge on any atom is 0.336 e. The van der Waals surface area contributed by atoms with Crippen LogP contribution in [-0.2, 0) is 11.5 Å². The van der Waals surface area contributed by atoms with Crippen molar-refractivity contribution in [1.29, 1.82) is 0 Å². The van der Waals surface area contributed by atoms with E-state index < -0.39 is 0 Å². The minimum atomic E-state index is -0.294. The topological polar surface area (TPSA) is 56.2 Å². The lowest BCUT2D eigenvalue weighted by molar-refractivity contribution is 0.392. The highest BCUT2D eigenvalue weighted by Gasteiger charge is 2.13. The molecular formula is C20H23NO3S. The van der Waals surface area contributed by atoms with Gasteiger partial charge >= 0.3 is 5.63 Å². The van der Waals surface area contributed by atoms with Crippen molar-refractivity contribution < 1.29 is 8.94 Å². The van der Waals surface area contributed by atoms with E-state index in [1.807, 2.05) is 19.9 Å². The average molecular weight is 357 g/mol. The lowest BCUT2D eigenvalue weighted by Crippen LogP contribution is -2.02. The molecule has 0 N–H and O–H groups in total. The fraction of sp³-hybridized carbons (Fsp3) is 0.400. The third kappa shape index (κ3) is 3.66. The quantitative estimate of drug-likeness (QED) is 0.583. The van der Waals surface area contributed by atoms with Gasteiger partial charge < -0.3 is 8.94 Å². The second-order valence-electron chi connectivity index (χ2n) is 6.75. The summed E-state index contributed by atoms with van der Waals surface area (Å²) in [6.07, 6.45) is 0. The first-order chi connectivity index (χ1) is 11.9. The Balaban J connectivity index is 1.92. The first-order valence-corrected chi connectivity index (χ1v) is 9.59. The molecular weight excluding hydrogens is 334 g/mol. The second-order valence-corrected chi connectivity index (χ2v) is 7.73. The van der Waals surface area contributed by atoms with Gasteiger partial charge in [-0.3, -0.25) is 0 Å². The van der Waals surface area contributed by atoms with Crippen LogP contribution in [0.3, 0.4) is 0 Å². The van der Waals surface area contributed by atoms with Crippen LogP contribution < -0.4 is 5.63 Å². The second kappa shape index (κ2) is 7.08. The molecule has 4 nitrogen and oxygen atoms in total. The molecule has 132 valence electrons. The highest BCUT2D eigenvalue weighted by atomic mass is 32.2. The van der Waals surface area contributed by atoms with Crippen molar-refractivity contribution in [2.24, 2.45) is 0 Å². The maximum absolute atomic E-state index is 11.9. The normalized spacial score (nSPS) is 11.6. The summed E-state index contributed by atoms with van der Waals surface area (Å²) in [6.45, 7) is 10.3. The number of hydrogen-bond donors (Lipinski definition) is 0. The summed E-state index contributed by atoms with van der Waals surface area (Å²) in [4.78, 5) is 11.9. The lowest BCUT2D eigenvalue weighted by atomic mass is 9.95. The largest absolute Gasteiger partial charge is 0.423 e. The van der Waals surface area contributed by atoms with Crippen molar-refractivity contribution in [2.75, 3.05) is 0 Å². The fourth-order valence-corrected chi connectivity index (χ4v) is 4.28. The molecule has 2 heterocycles. The predicted molar refractivity (Wildman–Crippen MR) is 102 cm³/mol. The molecule has 0 saturated carbocycles. The Hall–Kier alpha value is -2.01. The molecule has 1 aromatic carbocycles. The summed E-state index contributed by atoms with van der Waals surface area (Å²) < 4.78 is 10.6. The number of thioether (sulfide) groups is 1. The number of nitrogens with zero attached hydrogens (tertiary/aromatic N) is 1. The van der Waals surface area contributed by atoms with Crippen molar-refractivity contribution in [3.63, 3.8) is 0 Å². The molecule has 0 atom stereocenters. The highest BCUT2D eigenvalue weighted by Crippen LogP contribution is 2.29. The van der Waals surface area contributed by atoms with E-state index in [0.717, 1.165) is 45.0 Å². The van der Waals surface area contributed by atoms with Crippen molar-refractivity contribution in [1.82, 2.24) is 5.16 Å². The van der Waals surface area contributed by atoms with Gasteiger partial charge in [0, 0.05) is 28.5 Å². The van der Waals surface area contributed by atoms with E-state index in [4.69, 9.17) is 8.94 Å². The molecule has 0 saturated heterocycles. The van der Waals surface area contributed by atoms with Crippen LogP contribution >= 0.6 is 11.8 Å². The van der Waals surface area contributed by atoms with Crippen molar-refractivity contribution in [3.05, 3.63) is 62.3 Å². The SMILES string of the molecule is Cc1cc2oc(=O)cc(CSCc3c(C)noc3C)c2cc1C(C)C. The van der Waals surface area contributed by atoms with E-state index in [2.05, 4.69) is 32.0 Å². The van der Waals surface area contributed by atoms with Crippen molar-refractivity contribution in [2.45, 2.75) is 52.0 Å². The van der Waals surface area contributed by atoms with Crippen molar-refractivity contribution in [3.8, 4) is 0 Å². The lowest BCUT2D eigenvalue weighted by Gasteiger charge is -2.13. The van der Waals surface area contributed by atoms with Crippen LogP contribution in [0, 0.1) is 20.8 Å². The monoisotopic (exact) mass is 357 g/mol. The predicted octanol–water partition coefficient (Wildman–Crippen LogP) is 5.26. The van der Waals surface area contributed by atoms with Gasteiger partial charge in [0.05, 0.1) is 5.69 Å². The van der Waals surface area contributed by atoms with Crippen LogP contribution in [0.5, 0.6) is 0 Å². The number of benzene rings is 1. The molecule has 0 bridgehead atoms. The standard InChI is InChI=1S/C20H23NO3S/c1-11(2)16-8-17-15(7-20(22)23-19(17)6-12(16)3)9-25-10-18-13(4)21-24-14(18)5/h6-8,11H,9-10H2,1-5H3. The molecule has 3 aromatic rings. The third-order valence-corrected chi connectivity index (χ3v) is 5.53. The van der Waals surface area contributed by atoms with Gasteiger partial charge in [-0.2, -0.15) is 11.8 Å². The summed E-state index contributed by atoms with van der Waals surface area (Å²) in [7, 11) is 0. The van der Waals surface area contributed by atoms with Crippen LogP contribution in [0.25, 0.3) is 11.0 Å². The zero-order valence-corrected chi connectivity index (χ0v) is 16.1. The Morgan fingerprint density at radius 2 is 1.88 bits per heavy atom. The number of rotatable bonds is 5. The smallest absolute Gasteiger partial charge is 0.336 e. The zero-order valence-electron chi connectivity index (χ0n) is 15.3. The van der Waals surface area contributed by atoms with Gasteiger partial charge in [-0.05, 0) is 55.5 Å². The zero-order chi connectivity index (χ0) is 18.1. The summed E-state index contributed by atoms with van der Waals surface area (Å²) in [5, 5.41) is 5.02. The summed E-state index contributed by atoms with van der Waals surface area (Å²) >= 11 is 1.75. The number of aryl methyl sites for hydroxylation is 3. The van der Waals surface area contributed by atoms with Gasteiger partial charge in [-0.15, -0.1) is 0 Å². The number of aromatic nitrogens is 1. The summed E-state index contributed by atoms with van der Waals surface area (Å²) in [5.41, 5.74) is 5.91. The summed E-state index contributed by atoms with van der Waals surface area (Å²) in [5.74, 6) is 2.85. The molecule has 0 aliphatic carbocycles. The third-order valence-electron chi connectivity index (χ3n) is 4.52. The molecule has 0 aliphatic rings. The van der Waals surface area contributed by atoms with Gasteiger partial charge in [0.25, 0.3) is 0 Å². The molecule has 2 aromatic heterocycles. The Bertz CT molecular complexity index is 949. The number of hydrogen-bond acceptors (Lipinski definition) is 5. The van der Waals surface area contributed by atoms with Gasteiger partial charge in [0.1, 0.15) is 11.3 Å². The summed E-state index contributed by atoms with van der Waals surface area (Å²) in [6, 6.07) is 5.76. The molecule has 0 radical (unpaired) electrons. The molecule has 0 spiro atoms. The van der Waals surface area contributed by atoms with Gasteiger partial charge in [0.2, 0.25) is 0 Å². The molecule has 0 amide bonds. The highest BCUT2D eigenvalue weighted by molar-refractivity contribution is 7.97. The van der Waals surface area contributed by atoms with E-state index in [1.165, 1.54) is 5.56 Å². The molecule has 0 unspecified atom stereocenters. The Morgan fingerprint density at radius 3 is 2.52 bits per heavy atom. The van der Waals surface area contributed by atoms with E-state index in [0.29, 0.717) is 11.5 Å². The minimum Gasteiger partial charge on any atom is -0.423 e. The average Bonchev–Trinajstić information content (AvgIpc) is 2.85. The Kier molecular flexibility index (Phi) is 5.04. The van der Waals surface area contributed by atoms with Gasteiger partial charge in [0.15, 0.2) is 0 Å². The van der Waals surface area contributed by atoms with E-state index in [1.54, 1.807) is 17.8 Å². The van der Waals surface area contributed by atoms with Crippen LogP contribution in [-0.4, -0.2) is 5.16 Å². The first-order valence-electron chi connectivity index (χ1n) is 8.43. The molecule has 25 heavy (non-hydrogen) atoms. The first kappa shape index (κ1) is 17.8. The van der Waals surface area contributed by atoms with E-state index in [9.17, 15) is 4.79 Å². The molecule has 3 rings (SSSR count).